The van der Waals surface area contributed by atoms with Crippen LogP contribution in [0.5, 0.6) is 5.75 Å². The lowest BCUT2D eigenvalue weighted by atomic mass is 9.96. The van der Waals surface area contributed by atoms with E-state index in [9.17, 15) is 14.9 Å². The van der Waals surface area contributed by atoms with Gasteiger partial charge >= 0.3 is 0 Å². The van der Waals surface area contributed by atoms with Gasteiger partial charge in [-0.15, -0.1) is 0 Å². The van der Waals surface area contributed by atoms with Gasteiger partial charge < -0.3 is 4.74 Å². The molecule has 1 N–H and O–H groups in total. The molecule has 0 spiro atoms. The predicted molar refractivity (Wildman–Crippen MR) is 113 cm³/mol. The fraction of sp³-hybridized carbons (Fsp3) is 0.391. The van der Waals surface area contributed by atoms with Gasteiger partial charge in [0.25, 0.3) is 5.03 Å². The zero-order chi connectivity index (χ0) is 21.1. The molecule has 2 heterocycles. The molecular weight excluding hydrogens is 398 g/mol. The minimum Gasteiger partial charge on any atom is -0.497 e. The second-order valence-corrected chi connectivity index (χ2v) is 8.83. The van der Waals surface area contributed by atoms with Gasteiger partial charge in [0.2, 0.25) is 11.8 Å². The summed E-state index contributed by atoms with van der Waals surface area (Å²) in [5, 5.41) is 9.79. The number of hydrogen-bond donors (Lipinski definition) is 0. The molecule has 154 valence electrons. The summed E-state index contributed by atoms with van der Waals surface area (Å²) >= 11 is 1.29. The van der Waals surface area contributed by atoms with E-state index in [1.807, 2.05) is 6.07 Å². The summed E-state index contributed by atoms with van der Waals surface area (Å²) < 4.78 is 5.15. The number of aromatic amines is 1. The third kappa shape index (κ3) is 4.05. The Bertz CT molecular complexity index is 1010. The Kier molecular flexibility index (Phi) is 6.05. The highest BCUT2D eigenvalue weighted by molar-refractivity contribution is 8.00. The van der Waals surface area contributed by atoms with E-state index in [4.69, 9.17) is 4.74 Å². The van der Waals surface area contributed by atoms with Crippen molar-refractivity contribution in [2.45, 2.75) is 55.2 Å². The van der Waals surface area contributed by atoms with Gasteiger partial charge in [-0.1, -0.05) is 12.8 Å². The first-order valence-corrected chi connectivity index (χ1v) is 11.1. The number of thioether (sulfide) groups is 1. The monoisotopic (exact) mass is 422 g/mol. The minimum absolute atomic E-state index is 0.116. The number of nitrogens with zero attached hydrogens (tertiary/aromatic N) is 2. The molecule has 0 saturated carbocycles. The number of ether oxygens (including phenoxy) is 1. The van der Waals surface area contributed by atoms with Gasteiger partial charge in [-0.05, 0) is 61.4 Å². The van der Waals surface area contributed by atoms with Crippen LogP contribution in [0.3, 0.4) is 0 Å². The topological polar surface area (TPSA) is 84.5 Å². The first-order chi connectivity index (χ1) is 14.6. The van der Waals surface area contributed by atoms with Crippen molar-refractivity contribution in [1.29, 1.82) is 5.26 Å². The maximum Gasteiger partial charge on any atom is 0.257 e. The van der Waals surface area contributed by atoms with E-state index in [1.165, 1.54) is 35.1 Å². The number of nitrogens with one attached hydrogen (secondary N) is 1. The number of imide groups is 1. The van der Waals surface area contributed by atoms with Crippen LogP contribution in [0.2, 0.25) is 0 Å². The summed E-state index contributed by atoms with van der Waals surface area (Å²) in [4.78, 5) is 30.3. The van der Waals surface area contributed by atoms with Gasteiger partial charge in [0.15, 0.2) is 5.69 Å². The van der Waals surface area contributed by atoms with Crippen molar-refractivity contribution < 1.29 is 19.3 Å². The van der Waals surface area contributed by atoms with Crippen LogP contribution < -0.4 is 14.6 Å². The van der Waals surface area contributed by atoms with Crippen LogP contribution in [-0.4, -0.2) is 24.2 Å². The highest BCUT2D eigenvalue weighted by Gasteiger charge is 2.42. The molecule has 1 fully saturated rings. The number of pyridine rings is 1. The van der Waals surface area contributed by atoms with Crippen LogP contribution in [-0.2, 0) is 22.4 Å². The number of rotatable bonds is 4. The summed E-state index contributed by atoms with van der Waals surface area (Å²) in [5.74, 6) is 0.185. The van der Waals surface area contributed by atoms with Crippen LogP contribution in [0.1, 0.15) is 48.9 Å². The van der Waals surface area contributed by atoms with E-state index in [1.54, 1.807) is 31.4 Å². The number of aromatic nitrogens is 1. The zero-order valence-corrected chi connectivity index (χ0v) is 17.8. The number of carbonyl (C=O) groups excluding carboxylic acids is 2. The Morgan fingerprint density at radius 3 is 2.57 bits per heavy atom. The van der Waals surface area contributed by atoms with Crippen molar-refractivity contribution in [3.8, 4) is 11.8 Å². The van der Waals surface area contributed by atoms with Gasteiger partial charge in [-0.2, -0.15) is 5.26 Å². The average Bonchev–Trinajstić information content (AvgIpc) is 3.02. The Morgan fingerprint density at radius 2 is 1.87 bits per heavy atom. The summed E-state index contributed by atoms with van der Waals surface area (Å²) in [5.41, 5.74) is 3.43. The molecule has 1 aromatic carbocycles. The summed E-state index contributed by atoms with van der Waals surface area (Å²) in [6, 6.07) is 11.1. The lowest BCUT2D eigenvalue weighted by Crippen LogP contribution is -2.31. The van der Waals surface area contributed by atoms with Crippen LogP contribution in [0, 0.1) is 11.3 Å². The van der Waals surface area contributed by atoms with E-state index in [0.29, 0.717) is 22.0 Å². The summed E-state index contributed by atoms with van der Waals surface area (Å²) in [6.07, 6.45) is 6.71. The van der Waals surface area contributed by atoms with Crippen LogP contribution in [0.4, 0.5) is 5.69 Å². The normalized spacial score (nSPS) is 19.1. The van der Waals surface area contributed by atoms with E-state index in [2.05, 4.69) is 11.1 Å². The number of H-pyrrole nitrogens is 1. The molecule has 2 aromatic rings. The lowest BCUT2D eigenvalue weighted by Gasteiger charge is -2.15. The maximum atomic E-state index is 13.0. The van der Waals surface area contributed by atoms with Crippen molar-refractivity contribution in [2.75, 3.05) is 12.0 Å². The number of benzene rings is 1. The molecular formula is C23H24N3O3S+. The quantitative estimate of drug-likeness (QED) is 0.705. The molecule has 1 aliphatic carbocycles. The average molecular weight is 423 g/mol. The van der Waals surface area contributed by atoms with Crippen molar-refractivity contribution in [3.63, 3.8) is 0 Å². The molecule has 1 saturated heterocycles. The van der Waals surface area contributed by atoms with Gasteiger partial charge in [-0.25, -0.2) is 9.88 Å². The highest BCUT2D eigenvalue weighted by atomic mass is 32.2. The number of fused-ring (bicyclic) bond motifs is 1. The van der Waals surface area contributed by atoms with Gasteiger partial charge in [-0.3, -0.25) is 9.59 Å². The molecule has 7 heteroatoms. The van der Waals surface area contributed by atoms with Crippen molar-refractivity contribution >= 4 is 29.3 Å². The number of methoxy groups -OCH3 is 1. The fourth-order valence-electron chi connectivity index (χ4n) is 4.05. The van der Waals surface area contributed by atoms with Crippen LogP contribution in [0.25, 0.3) is 0 Å². The molecule has 6 nitrogen and oxygen atoms in total. The standard InChI is InChI=1S/C23H23N3O3S/c1-29-18-10-8-17(9-11-18)26-21(27)13-20(23(26)28)30-22-16(14-24)12-15-6-4-2-3-5-7-19(15)25-22/h8-12,20H,2-7,13H2,1H3/p+1. The molecule has 4 rings (SSSR count). The Balaban J connectivity index is 1.58. The minimum atomic E-state index is -0.547. The van der Waals surface area contributed by atoms with Crippen molar-refractivity contribution in [2.24, 2.45) is 0 Å². The van der Waals surface area contributed by atoms with E-state index >= 15 is 0 Å². The molecule has 1 atom stereocenters. The maximum absolute atomic E-state index is 13.0. The van der Waals surface area contributed by atoms with Crippen LogP contribution >= 0.6 is 11.8 Å². The SMILES string of the molecule is COc1ccc(N2C(=O)CC(Sc3[nH+]c4c(cc3C#N)CCCCCC4)C2=O)cc1. The summed E-state index contributed by atoms with van der Waals surface area (Å²) in [7, 11) is 1.57. The van der Waals surface area contributed by atoms with E-state index in [0.717, 1.165) is 31.4 Å². The van der Waals surface area contributed by atoms with Gasteiger partial charge in [0.05, 0.1) is 12.8 Å². The van der Waals surface area contributed by atoms with Gasteiger partial charge in [0, 0.05) is 18.4 Å². The Labute approximate surface area is 180 Å². The smallest absolute Gasteiger partial charge is 0.257 e. The molecule has 30 heavy (non-hydrogen) atoms. The van der Waals surface area contributed by atoms with E-state index in [-0.39, 0.29) is 18.2 Å². The predicted octanol–water partition coefficient (Wildman–Crippen LogP) is 3.46. The Hall–Kier alpha value is -2.85. The molecule has 1 aromatic heterocycles. The number of hydrogen-bond acceptors (Lipinski definition) is 5. The first kappa shape index (κ1) is 20.4. The number of nitriles is 1. The fourth-order valence-corrected chi connectivity index (χ4v) is 5.18. The molecule has 1 unspecified atom stereocenters. The number of anilines is 1. The Morgan fingerprint density at radius 1 is 1.13 bits per heavy atom. The van der Waals surface area contributed by atoms with Crippen LogP contribution in [0.15, 0.2) is 35.4 Å². The highest BCUT2D eigenvalue weighted by Crippen LogP contribution is 2.35. The van der Waals surface area contributed by atoms with Gasteiger partial charge in [0.1, 0.15) is 22.6 Å². The number of carbonyl (C=O) groups is 2. The number of aryl methyl sites for hydroxylation is 2. The van der Waals surface area contributed by atoms with Crippen molar-refractivity contribution in [1.82, 2.24) is 0 Å². The molecule has 0 radical (unpaired) electrons. The zero-order valence-electron chi connectivity index (χ0n) is 16.9. The second-order valence-electron chi connectivity index (χ2n) is 7.62. The third-order valence-electron chi connectivity index (χ3n) is 5.65. The molecule has 1 aliphatic heterocycles. The largest absolute Gasteiger partial charge is 0.497 e. The first-order valence-electron chi connectivity index (χ1n) is 10.3. The molecule has 2 aliphatic rings. The number of amides is 2. The molecule has 2 amide bonds. The third-order valence-corrected chi connectivity index (χ3v) is 6.87. The molecule has 0 bridgehead atoms. The van der Waals surface area contributed by atoms with E-state index < -0.39 is 5.25 Å². The lowest BCUT2D eigenvalue weighted by molar-refractivity contribution is -0.439. The van der Waals surface area contributed by atoms with Crippen molar-refractivity contribution in [3.05, 3.63) is 47.2 Å². The summed E-state index contributed by atoms with van der Waals surface area (Å²) in [6.45, 7) is 0. The second kappa shape index (κ2) is 8.88.